The first-order chi connectivity index (χ1) is 10.1. The number of likely N-dealkylation sites (N-methyl/N-ethyl adjacent to an activating group) is 1. The highest BCUT2D eigenvalue weighted by Crippen LogP contribution is 2.16. The number of hydrogen-bond donors (Lipinski definition) is 1. The molecule has 124 valence electrons. The Hall–Kier alpha value is -0.200. The maximum atomic E-state index is 10.3. The fourth-order valence-electron chi connectivity index (χ4n) is 3.19. The third-order valence-corrected chi connectivity index (χ3v) is 4.77. The molecule has 5 heteroatoms. The molecule has 0 amide bonds. The number of β-amino-alcohol motifs (C(OH)–C–C–N with tert-alkyl or cyclic N) is 1. The van der Waals surface area contributed by atoms with Crippen LogP contribution in [-0.4, -0.2) is 98.5 Å². The van der Waals surface area contributed by atoms with Crippen LogP contribution in [0, 0.1) is 5.92 Å². The number of aliphatic hydroxyl groups is 1. The summed E-state index contributed by atoms with van der Waals surface area (Å²) in [6.45, 7) is 12.1. The van der Waals surface area contributed by atoms with Gasteiger partial charge in [-0.25, -0.2) is 0 Å². The van der Waals surface area contributed by atoms with E-state index in [2.05, 4.69) is 28.7 Å². The van der Waals surface area contributed by atoms with Gasteiger partial charge in [-0.3, -0.25) is 4.90 Å². The van der Waals surface area contributed by atoms with E-state index in [0.717, 1.165) is 71.5 Å². The van der Waals surface area contributed by atoms with Crippen LogP contribution in [-0.2, 0) is 4.74 Å². The van der Waals surface area contributed by atoms with Gasteiger partial charge < -0.3 is 19.6 Å². The first-order valence-corrected chi connectivity index (χ1v) is 8.52. The van der Waals surface area contributed by atoms with Gasteiger partial charge in [0.15, 0.2) is 0 Å². The molecule has 0 aliphatic carbocycles. The Bertz CT molecular complexity index is 277. The quantitative estimate of drug-likeness (QED) is 0.734. The maximum absolute atomic E-state index is 10.3. The molecule has 1 N–H and O–H groups in total. The zero-order valence-corrected chi connectivity index (χ0v) is 13.8. The predicted octanol–water partition coefficient (Wildman–Crippen LogP) is 0.343. The number of ether oxygens (including phenoxy) is 1. The van der Waals surface area contributed by atoms with Crippen LogP contribution >= 0.6 is 0 Å². The lowest BCUT2D eigenvalue weighted by molar-refractivity contribution is 0.0293. The zero-order chi connectivity index (χ0) is 15.1. The van der Waals surface area contributed by atoms with E-state index in [1.165, 1.54) is 12.8 Å². The number of piperidine rings is 1. The first kappa shape index (κ1) is 17.2. The third-order valence-electron chi connectivity index (χ3n) is 4.77. The van der Waals surface area contributed by atoms with E-state index in [9.17, 15) is 5.11 Å². The van der Waals surface area contributed by atoms with Gasteiger partial charge in [0.2, 0.25) is 0 Å². The Labute approximate surface area is 129 Å². The van der Waals surface area contributed by atoms with Crippen molar-refractivity contribution >= 4 is 0 Å². The molecular weight excluding hydrogens is 266 g/mol. The van der Waals surface area contributed by atoms with Crippen molar-refractivity contribution in [2.24, 2.45) is 5.92 Å². The highest BCUT2D eigenvalue weighted by atomic mass is 16.5. The van der Waals surface area contributed by atoms with Crippen LogP contribution in [0.1, 0.15) is 19.8 Å². The molecule has 2 heterocycles. The molecule has 0 saturated carbocycles. The van der Waals surface area contributed by atoms with Crippen molar-refractivity contribution in [2.75, 3.05) is 72.6 Å². The average molecular weight is 299 g/mol. The van der Waals surface area contributed by atoms with Crippen LogP contribution in [0.5, 0.6) is 0 Å². The predicted molar refractivity (Wildman–Crippen MR) is 85.6 cm³/mol. The van der Waals surface area contributed by atoms with Crippen molar-refractivity contribution in [3.8, 4) is 0 Å². The monoisotopic (exact) mass is 299 g/mol. The zero-order valence-electron chi connectivity index (χ0n) is 13.8. The minimum absolute atomic E-state index is 0.229. The summed E-state index contributed by atoms with van der Waals surface area (Å²) in [6.07, 6.45) is 2.33. The molecule has 0 spiro atoms. The van der Waals surface area contributed by atoms with Crippen molar-refractivity contribution in [2.45, 2.75) is 25.9 Å². The topological polar surface area (TPSA) is 39.2 Å². The summed E-state index contributed by atoms with van der Waals surface area (Å²) in [5, 5.41) is 10.3. The van der Waals surface area contributed by atoms with Crippen LogP contribution in [0.3, 0.4) is 0 Å². The smallest absolute Gasteiger partial charge is 0.0793 e. The maximum Gasteiger partial charge on any atom is 0.0793 e. The van der Waals surface area contributed by atoms with Gasteiger partial charge in [-0.2, -0.15) is 0 Å². The molecule has 2 aliphatic rings. The molecule has 5 nitrogen and oxygen atoms in total. The molecule has 0 aromatic carbocycles. The molecule has 21 heavy (non-hydrogen) atoms. The van der Waals surface area contributed by atoms with Gasteiger partial charge in [-0.15, -0.1) is 0 Å². The molecule has 0 aromatic heterocycles. The summed E-state index contributed by atoms with van der Waals surface area (Å²) < 4.78 is 5.36. The number of morpholine rings is 1. The van der Waals surface area contributed by atoms with Crippen LogP contribution in [0.15, 0.2) is 0 Å². The van der Waals surface area contributed by atoms with E-state index >= 15 is 0 Å². The lowest BCUT2D eigenvalue weighted by Gasteiger charge is -2.33. The Balaban J connectivity index is 1.57. The molecular formula is C16H33N3O2. The Kier molecular flexibility index (Phi) is 7.40. The molecule has 1 atom stereocenters. The summed E-state index contributed by atoms with van der Waals surface area (Å²) in [5.74, 6) is 0.856. The summed E-state index contributed by atoms with van der Waals surface area (Å²) in [4.78, 5) is 7.12. The van der Waals surface area contributed by atoms with Gasteiger partial charge in [-0.05, 0) is 38.9 Å². The minimum Gasteiger partial charge on any atom is -0.390 e. The van der Waals surface area contributed by atoms with E-state index in [0.29, 0.717) is 0 Å². The van der Waals surface area contributed by atoms with Crippen molar-refractivity contribution in [1.29, 1.82) is 0 Å². The lowest BCUT2D eigenvalue weighted by atomic mass is 9.99. The molecule has 2 aliphatic heterocycles. The van der Waals surface area contributed by atoms with E-state index in [4.69, 9.17) is 4.74 Å². The van der Waals surface area contributed by atoms with Crippen LogP contribution in [0.2, 0.25) is 0 Å². The Morgan fingerprint density at radius 1 is 1.14 bits per heavy atom. The molecule has 2 fully saturated rings. The Morgan fingerprint density at radius 2 is 1.81 bits per heavy atom. The number of nitrogens with zero attached hydrogens (tertiary/aromatic N) is 3. The van der Waals surface area contributed by atoms with Gasteiger partial charge in [0, 0.05) is 39.3 Å². The molecule has 0 bridgehead atoms. The van der Waals surface area contributed by atoms with Gasteiger partial charge in [0.05, 0.1) is 19.3 Å². The van der Waals surface area contributed by atoms with E-state index in [1.807, 2.05) is 0 Å². The minimum atomic E-state index is -0.229. The van der Waals surface area contributed by atoms with Crippen molar-refractivity contribution in [3.63, 3.8) is 0 Å². The molecule has 2 rings (SSSR count). The number of hydrogen-bond acceptors (Lipinski definition) is 5. The second-order valence-electron chi connectivity index (χ2n) is 6.85. The van der Waals surface area contributed by atoms with Crippen molar-refractivity contribution < 1.29 is 9.84 Å². The van der Waals surface area contributed by atoms with E-state index in [1.54, 1.807) is 0 Å². The summed E-state index contributed by atoms with van der Waals surface area (Å²) in [5.41, 5.74) is 0. The largest absolute Gasteiger partial charge is 0.390 e. The van der Waals surface area contributed by atoms with E-state index in [-0.39, 0.29) is 6.10 Å². The van der Waals surface area contributed by atoms with Gasteiger partial charge in [0.25, 0.3) is 0 Å². The van der Waals surface area contributed by atoms with Crippen molar-refractivity contribution in [1.82, 2.24) is 14.7 Å². The number of rotatable bonds is 7. The highest BCUT2D eigenvalue weighted by molar-refractivity contribution is 4.74. The van der Waals surface area contributed by atoms with Crippen molar-refractivity contribution in [3.05, 3.63) is 0 Å². The van der Waals surface area contributed by atoms with E-state index < -0.39 is 0 Å². The van der Waals surface area contributed by atoms with Gasteiger partial charge in [-0.1, -0.05) is 6.92 Å². The molecule has 1 unspecified atom stereocenters. The molecule has 0 aromatic rings. The first-order valence-electron chi connectivity index (χ1n) is 8.52. The van der Waals surface area contributed by atoms with Crippen LogP contribution in [0.25, 0.3) is 0 Å². The number of likely N-dealkylation sites (tertiary alicyclic amines) is 1. The molecule has 0 radical (unpaired) electrons. The van der Waals surface area contributed by atoms with Crippen LogP contribution < -0.4 is 0 Å². The average Bonchev–Trinajstić information content (AvgIpc) is 2.48. The lowest BCUT2D eigenvalue weighted by Crippen LogP contribution is -2.45. The highest BCUT2D eigenvalue weighted by Gasteiger charge is 2.19. The second-order valence-corrected chi connectivity index (χ2v) is 6.85. The van der Waals surface area contributed by atoms with Gasteiger partial charge in [0.1, 0.15) is 0 Å². The second kappa shape index (κ2) is 9.06. The van der Waals surface area contributed by atoms with Gasteiger partial charge >= 0.3 is 0 Å². The summed E-state index contributed by atoms with van der Waals surface area (Å²) >= 11 is 0. The number of aliphatic hydroxyl groups excluding tert-OH is 1. The Morgan fingerprint density at radius 3 is 2.48 bits per heavy atom. The third kappa shape index (κ3) is 6.61. The normalized spacial score (nSPS) is 24.6. The standard InChI is InChI=1S/C16H33N3O2/c1-15-3-5-19(6-4-15)14-16(20)13-17(2)7-8-18-9-11-21-12-10-18/h15-16,20H,3-14H2,1-2H3. The SMILES string of the molecule is CC1CCN(CC(O)CN(C)CCN2CCOCC2)CC1. The fourth-order valence-corrected chi connectivity index (χ4v) is 3.19. The molecule has 2 saturated heterocycles. The fraction of sp³-hybridized carbons (Fsp3) is 1.00. The summed E-state index contributed by atoms with van der Waals surface area (Å²) in [7, 11) is 2.11. The summed E-state index contributed by atoms with van der Waals surface area (Å²) in [6, 6.07) is 0. The van der Waals surface area contributed by atoms with Crippen LogP contribution in [0.4, 0.5) is 0 Å².